The molecule has 0 aliphatic carbocycles. The number of carbonyl (C=O) groups is 1. The molecule has 1 unspecified atom stereocenters. The van der Waals surface area contributed by atoms with Crippen molar-refractivity contribution in [1.82, 2.24) is 9.80 Å². The Balaban J connectivity index is 2.65. The SMILES string of the molecule is CC(=O)N(CC1CCCCN1C(C)C)C(C)C. The summed E-state index contributed by atoms with van der Waals surface area (Å²) in [5, 5.41) is 0. The van der Waals surface area contributed by atoms with E-state index in [4.69, 9.17) is 0 Å². The van der Waals surface area contributed by atoms with Crippen LogP contribution in [-0.2, 0) is 4.79 Å². The first-order chi connectivity index (χ1) is 7.93. The van der Waals surface area contributed by atoms with Gasteiger partial charge in [0.25, 0.3) is 0 Å². The molecule has 0 bridgehead atoms. The second-order valence-corrected chi connectivity index (χ2v) is 5.75. The minimum absolute atomic E-state index is 0.203. The Morgan fingerprint density at radius 3 is 2.41 bits per heavy atom. The van der Waals surface area contributed by atoms with Gasteiger partial charge in [0.15, 0.2) is 0 Å². The number of carbonyl (C=O) groups excluding carboxylic acids is 1. The number of likely N-dealkylation sites (tertiary alicyclic amines) is 1. The van der Waals surface area contributed by atoms with Gasteiger partial charge in [-0.25, -0.2) is 0 Å². The van der Waals surface area contributed by atoms with E-state index < -0.39 is 0 Å². The maximum absolute atomic E-state index is 11.6. The largest absolute Gasteiger partial charge is 0.339 e. The van der Waals surface area contributed by atoms with Crippen LogP contribution in [0.3, 0.4) is 0 Å². The normalized spacial score (nSPS) is 22.2. The van der Waals surface area contributed by atoms with E-state index in [0.717, 1.165) is 6.54 Å². The fourth-order valence-corrected chi connectivity index (χ4v) is 2.83. The van der Waals surface area contributed by atoms with Gasteiger partial charge in [0.05, 0.1) is 0 Å². The summed E-state index contributed by atoms with van der Waals surface area (Å²) in [6, 6.07) is 1.44. The Hall–Kier alpha value is -0.570. The molecular formula is C14H28N2O. The molecule has 1 aliphatic heterocycles. The van der Waals surface area contributed by atoms with Crippen LogP contribution in [0, 0.1) is 0 Å². The van der Waals surface area contributed by atoms with Crippen LogP contribution in [0.5, 0.6) is 0 Å². The third kappa shape index (κ3) is 3.98. The van der Waals surface area contributed by atoms with E-state index in [1.54, 1.807) is 6.92 Å². The summed E-state index contributed by atoms with van der Waals surface area (Å²) in [6.07, 6.45) is 3.84. The van der Waals surface area contributed by atoms with Crippen molar-refractivity contribution in [3.63, 3.8) is 0 Å². The lowest BCUT2D eigenvalue weighted by atomic mass is 9.99. The van der Waals surface area contributed by atoms with Crippen LogP contribution in [0.1, 0.15) is 53.9 Å². The van der Waals surface area contributed by atoms with Gasteiger partial charge in [-0.2, -0.15) is 0 Å². The van der Waals surface area contributed by atoms with Crippen LogP contribution < -0.4 is 0 Å². The molecule has 1 fully saturated rings. The summed E-state index contributed by atoms with van der Waals surface area (Å²) >= 11 is 0. The monoisotopic (exact) mass is 240 g/mol. The van der Waals surface area contributed by atoms with Crippen LogP contribution in [0.15, 0.2) is 0 Å². The average Bonchev–Trinajstić information content (AvgIpc) is 2.25. The highest BCUT2D eigenvalue weighted by Crippen LogP contribution is 2.21. The number of rotatable bonds is 4. The molecule has 0 saturated carbocycles. The van der Waals surface area contributed by atoms with Crippen molar-refractivity contribution in [2.75, 3.05) is 13.1 Å². The Kier molecular flexibility index (Phi) is 5.44. The highest BCUT2D eigenvalue weighted by molar-refractivity contribution is 5.73. The molecule has 0 spiro atoms. The molecule has 0 radical (unpaired) electrons. The van der Waals surface area contributed by atoms with Crippen LogP contribution in [0.2, 0.25) is 0 Å². The zero-order chi connectivity index (χ0) is 13.0. The molecule has 1 saturated heterocycles. The Morgan fingerprint density at radius 1 is 1.29 bits per heavy atom. The van der Waals surface area contributed by atoms with Gasteiger partial charge in [-0.05, 0) is 47.1 Å². The minimum atomic E-state index is 0.203. The minimum Gasteiger partial charge on any atom is -0.339 e. The van der Waals surface area contributed by atoms with E-state index in [2.05, 4.69) is 32.6 Å². The molecule has 1 heterocycles. The van der Waals surface area contributed by atoms with E-state index >= 15 is 0 Å². The van der Waals surface area contributed by atoms with E-state index in [0.29, 0.717) is 18.1 Å². The first kappa shape index (κ1) is 14.5. The predicted octanol–water partition coefficient (Wildman–Crippen LogP) is 2.51. The van der Waals surface area contributed by atoms with Crippen molar-refractivity contribution in [3.05, 3.63) is 0 Å². The van der Waals surface area contributed by atoms with Crippen LogP contribution in [0.25, 0.3) is 0 Å². The van der Waals surface area contributed by atoms with Crippen molar-refractivity contribution in [3.8, 4) is 0 Å². The second kappa shape index (κ2) is 6.39. The van der Waals surface area contributed by atoms with Gasteiger partial charge >= 0.3 is 0 Å². The molecule has 17 heavy (non-hydrogen) atoms. The zero-order valence-corrected chi connectivity index (χ0v) is 12.1. The molecular weight excluding hydrogens is 212 g/mol. The van der Waals surface area contributed by atoms with Crippen molar-refractivity contribution >= 4 is 5.91 Å². The lowest BCUT2D eigenvalue weighted by molar-refractivity contribution is -0.131. The van der Waals surface area contributed by atoms with Gasteiger partial charge in [0.1, 0.15) is 0 Å². The molecule has 0 N–H and O–H groups in total. The zero-order valence-electron chi connectivity index (χ0n) is 12.1. The van der Waals surface area contributed by atoms with Gasteiger partial charge in [0.2, 0.25) is 5.91 Å². The van der Waals surface area contributed by atoms with Crippen LogP contribution in [0.4, 0.5) is 0 Å². The second-order valence-electron chi connectivity index (χ2n) is 5.75. The first-order valence-corrected chi connectivity index (χ1v) is 6.96. The van der Waals surface area contributed by atoms with Crippen molar-refractivity contribution in [2.45, 2.75) is 72.0 Å². The number of amides is 1. The number of piperidine rings is 1. The Bertz CT molecular complexity index is 251. The van der Waals surface area contributed by atoms with Crippen molar-refractivity contribution in [2.24, 2.45) is 0 Å². The van der Waals surface area contributed by atoms with Gasteiger partial charge in [-0.3, -0.25) is 9.69 Å². The van der Waals surface area contributed by atoms with E-state index in [-0.39, 0.29) is 5.91 Å². The lowest BCUT2D eigenvalue weighted by Gasteiger charge is -2.41. The topological polar surface area (TPSA) is 23.6 Å². The third-order valence-electron chi connectivity index (χ3n) is 3.77. The molecule has 1 atom stereocenters. The quantitative estimate of drug-likeness (QED) is 0.754. The van der Waals surface area contributed by atoms with Gasteiger partial charge in [0, 0.05) is 31.6 Å². The molecule has 1 rings (SSSR count). The summed E-state index contributed by atoms with van der Waals surface area (Å²) in [5.74, 6) is 0.203. The molecule has 0 aromatic heterocycles. The summed E-state index contributed by atoms with van der Waals surface area (Å²) in [7, 11) is 0. The van der Waals surface area contributed by atoms with Crippen LogP contribution >= 0.6 is 0 Å². The summed E-state index contributed by atoms with van der Waals surface area (Å²) < 4.78 is 0. The lowest BCUT2D eigenvalue weighted by Crippen LogP contribution is -2.51. The van der Waals surface area contributed by atoms with E-state index in [1.807, 2.05) is 4.90 Å². The average molecular weight is 240 g/mol. The van der Waals surface area contributed by atoms with Crippen LogP contribution in [-0.4, -0.2) is 46.9 Å². The Labute approximate surface area is 106 Å². The standard InChI is InChI=1S/C14H28N2O/c1-11(2)15-9-7-6-8-14(15)10-16(12(3)4)13(5)17/h11-12,14H,6-10H2,1-5H3. The van der Waals surface area contributed by atoms with Gasteiger partial charge in [-0.15, -0.1) is 0 Å². The maximum atomic E-state index is 11.6. The summed E-state index contributed by atoms with van der Waals surface area (Å²) in [6.45, 7) is 12.5. The number of nitrogens with zero attached hydrogens (tertiary/aromatic N) is 2. The van der Waals surface area contributed by atoms with Crippen molar-refractivity contribution < 1.29 is 4.79 Å². The molecule has 3 nitrogen and oxygen atoms in total. The van der Waals surface area contributed by atoms with Gasteiger partial charge in [-0.1, -0.05) is 6.42 Å². The number of hydrogen-bond donors (Lipinski definition) is 0. The highest BCUT2D eigenvalue weighted by atomic mass is 16.2. The molecule has 100 valence electrons. The molecule has 0 aromatic carbocycles. The number of hydrogen-bond acceptors (Lipinski definition) is 2. The van der Waals surface area contributed by atoms with Gasteiger partial charge < -0.3 is 4.90 Å². The maximum Gasteiger partial charge on any atom is 0.219 e. The molecule has 1 amide bonds. The molecule has 0 aromatic rings. The fraction of sp³-hybridized carbons (Fsp3) is 0.929. The summed E-state index contributed by atoms with van der Waals surface area (Å²) in [4.78, 5) is 16.2. The van der Waals surface area contributed by atoms with E-state index in [1.165, 1.54) is 25.8 Å². The summed E-state index contributed by atoms with van der Waals surface area (Å²) in [5.41, 5.74) is 0. The third-order valence-corrected chi connectivity index (χ3v) is 3.77. The fourth-order valence-electron chi connectivity index (χ4n) is 2.83. The predicted molar refractivity (Wildman–Crippen MR) is 72.0 cm³/mol. The Morgan fingerprint density at radius 2 is 1.94 bits per heavy atom. The van der Waals surface area contributed by atoms with E-state index in [9.17, 15) is 4.79 Å². The van der Waals surface area contributed by atoms with Crippen molar-refractivity contribution in [1.29, 1.82) is 0 Å². The molecule has 3 heteroatoms. The first-order valence-electron chi connectivity index (χ1n) is 6.96. The smallest absolute Gasteiger partial charge is 0.219 e. The molecule has 1 aliphatic rings. The highest BCUT2D eigenvalue weighted by Gasteiger charge is 2.27.